The largest absolute Gasteiger partial charge is 0.472 e. The van der Waals surface area contributed by atoms with E-state index in [2.05, 4.69) is 47.1 Å². The first-order valence-corrected chi connectivity index (χ1v) is 9.84. The number of thiophene rings is 1. The highest BCUT2D eigenvalue weighted by Crippen LogP contribution is 2.33. The van der Waals surface area contributed by atoms with Gasteiger partial charge in [0.05, 0.1) is 11.1 Å². The van der Waals surface area contributed by atoms with E-state index in [1.807, 2.05) is 22.8 Å². The number of hydrogen-bond acceptors (Lipinski definition) is 5. The number of fused-ring (bicyclic) bond motifs is 2. The van der Waals surface area contributed by atoms with Crippen LogP contribution in [0.3, 0.4) is 0 Å². The zero-order chi connectivity index (χ0) is 17.5. The molecule has 0 bridgehead atoms. The zero-order valence-corrected chi connectivity index (χ0v) is 15.4. The summed E-state index contributed by atoms with van der Waals surface area (Å²) < 4.78 is 9.31. The molecule has 0 N–H and O–H groups in total. The molecule has 4 aromatic rings. The van der Waals surface area contributed by atoms with E-state index in [0.717, 1.165) is 37.4 Å². The third-order valence-electron chi connectivity index (χ3n) is 4.98. The molecule has 26 heavy (non-hydrogen) atoms. The molecule has 0 saturated carbocycles. The maximum atomic E-state index is 6.14. The predicted octanol–water partition coefficient (Wildman–Crippen LogP) is 4.08. The molecule has 1 aliphatic heterocycles. The topological polar surface area (TPSA) is 42.7 Å². The van der Waals surface area contributed by atoms with Crippen LogP contribution in [-0.4, -0.2) is 45.2 Å². The Balaban J connectivity index is 1.49. The first-order chi connectivity index (χ1) is 12.8. The van der Waals surface area contributed by atoms with Gasteiger partial charge in [-0.1, -0.05) is 25.1 Å². The molecule has 132 valence electrons. The van der Waals surface area contributed by atoms with Gasteiger partial charge in [0, 0.05) is 23.9 Å². The Hall–Kier alpha value is -2.44. The summed E-state index contributed by atoms with van der Waals surface area (Å²) in [5, 5.41) is 5.97. The van der Waals surface area contributed by atoms with Crippen molar-refractivity contribution in [3.8, 4) is 16.5 Å². The van der Waals surface area contributed by atoms with Gasteiger partial charge in [-0.05, 0) is 36.6 Å². The molecule has 5 nitrogen and oxygen atoms in total. The van der Waals surface area contributed by atoms with Crippen molar-refractivity contribution < 1.29 is 4.74 Å². The molecule has 1 saturated heterocycles. The minimum atomic E-state index is 0.219. The lowest BCUT2D eigenvalue weighted by Gasteiger charge is -2.14. The van der Waals surface area contributed by atoms with Gasteiger partial charge in [0.1, 0.15) is 11.8 Å². The van der Waals surface area contributed by atoms with Crippen LogP contribution in [0.4, 0.5) is 0 Å². The second kappa shape index (κ2) is 6.37. The van der Waals surface area contributed by atoms with Crippen LogP contribution in [0.25, 0.3) is 26.3 Å². The second-order valence-corrected chi connectivity index (χ2v) is 7.74. The van der Waals surface area contributed by atoms with Crippen molar-refractivity contribution in [2.75, 3.05) is 19.6 Å². The first kappa shape index (κ1) is 15.8. The maximum Gasteiger partial charge on any atom is 0.232 e. The van der Waals surface area contributed by atoms with Crippen molar-refractivity contribution in [1.82, 2.24) is 19.5 Å². The van der Waals surface area contributed by atoms with Crippen molar-refractivity contribution in [3.05, 3.63) is 48.7 Å². The minimum Gasteiger partial charge on any atom is -0.472 e. The summed E-state index contributed by atoms with van der Waals surface area (Å²) in [7, 11) is 0. The van der Waals surface area contributed by atoms with Gasteiger partial charge >= 0.3 is 0 Å². The Morgan fingerprint density at radius 2 is 2.15 bits per heavy atom. The fraction of sp³-hybridized carbons (Fsp3) is 0.300. The molecule has 4 heterocycles. The first-order valence-electron chi connectivity index (χ1n) is 9.03. The van der Waals surface area contributed by atoms with E-state index < -0.39 is 0 Å². The molecule has 3 aromatic heterocycles. The van der Waals surface area contributed by atoms with Crippen LogP contribution in [-0.2, 0) is 0 Å². The molecule has 1 aromatic carbocycles. The van der Waals surface area contributed by atoms with Gasteiger partial charge in [0.2, 0.25) is 5.88 Å². The molecule has 0 radical (unpaired) electrons. The summed E-state index contributed by atoms with van der Waals surface area (Å²) >= 11 is 1.76. The van der Waals surface area contributed by atoms with Crippen LogP contribution in [0.2, 0.25) is 0 Å². The van der Waals surface area contributed by atoms with Gasteiger partial charge in [-0.3, -0.25) is 4.90 Å². The number of nitrogens with zero attached hydrogens (tertiary/aromatic N) is 4. The van der Waals surface area contributed by atoms with Crippen LogP contribution in [0.5, 0.6) is 5.88 Å². The molecule has 1 aliphatic rings. The molecule has 0 amide bonds. The quantitative estimate of drug-likeness (QED) is 0.547. The Kier molecular flexibility index (Phi) is 3.87. The van der Waals surface area contributed by atoms with Gasteiger partial charge < -0.3 is 4.74 Å². The third kappa shape index (κ3) is 2.75. The fourth-order valence-corrected chi connectivity index (χ4v) is 4.60. The predicted molar refractivity (Wildman–Crippen MR) is 105 cm³/mol. The summed E-state index contributed by atoms with van der Waals surface area (Å²) in [6, 6.07) is 14.5. The number of likely N-dealkylation sites (N-methyl/N-ethyl adjacent to an activating group) is 1. The van der Waals surface area contributed by atoms with Gasteiger partial charge in [0.25, 0.3) is 0 Å². The lowest BCUT2D eigenvalue weighted by atomic mass is 10.2. The smallest absolute Gasteiger partial charge is 0.232 e. The fourth-order valence-electron chi connectivity index (χ4n) is 3.55. The summed E-state index contributed by atoms with van der Waals surface area (Å²) in [5.41, 5.74) is 1.85. The Morgan fingerprint density at radius 3 is 3.00 bits per heavy atom. The molecule has 0 aliphatic carbocycles. The normalized spacial score (nSPS) is 18.1. The van der Waals surface area contributed by atoms with Crippen molar-refractivity contribution in [1.29, 1.82) is 0 Å². The lowest BCUT2D eigenvalue weighted by Crippen LogP contribution is -2.24. The molecular formula is C20H20N4OS. The van der Waals surface area contributed by atoms with Gasteiger partial charge in [0.15, 0.2) is 5.65 Å². The van der Waals surface area contributed by atoms with Crippen LogP contribution >= 0.6 is 11.3 Å². The van der Waals surface area contributed by atoms with Crippen LogP contribution < -0.4 is 4.74 Å². The van der Waals surface area contributed by atoms with E-state index in [0.29, 0.717) is 5.88 Å². The highest BCUT2D eigenvalue weighted by Gasteiger charge is 2.23. The summed E-state index contributed by atoms with van der Waals surface area (Å²) in [5.74, 6) is 0.667. The van der Waals surface area contributed by atoms with Crippen molar-refractivity contribution in [2.45, 2.75) is 19.4 Å². The highest BCUT2D eigenvalue weighted by molar-refractivity contribution is 7.22. The van der Waals surface area contributed by atoms with E-state index >= 15 is 0 Å². The van der Waals surface area contributed by atoms with E-state index in [-0.39, 0.29) is 6.10 Å². The second-order valence-electron chi connectivity index (χ2n) is 6.66. The SMILES string of the molecule is CCN1CCC(Oc2ccc3ncc(-c4cc5ccccc5s4)n3n2)C1. The monoisotopic (exact) mass is 364 g/mol. The van der Waals surface area contributed by atoms with Crippen molar-refractivity contribution in [3.63, 3.8) is 0 Å². The van der Waals surface area contributed by atoms with Gasteiger partial charge in [-0.25, -0.2) is 9.50 Å². The number of hydrogen-bond donors (Lipinski definition) is 0. The molecular weight excluding hydrogens is 344 g/mol. The van der Waals surface area contributed by atoms with Crippen LogP contribution in [0, 0.1) is 0 Å². The summed E-state index contributed by atoms with van der Waals surface area (Å²) in [6.45, 7) is 5.34. The van der Waals surface area contributed by atoms with E-state index in [4.69, 9.17) is 9.84 Å². The Labute approximate surface area is 155 Å². The Morgan fingerprint density at radius 1 is 1.23 bits per heavy atom. The van der Waals surface area contributed by atoms with Crippen molar-refractivity contribution in [2.24, 2.45) is 0 Å². The van der Waals surface area contributed by atoms with Crippen LogP contribution in [0.15, 0.2) is 48.7 Å². The molecule has 6 heteroatoms. The number of ether oxygens (including phenoxy) is 1. The minimum absolute atomic E-state index is 0.219. The standard InChI is InChI=1S/C20H20N4OS/c1-2-23-10-9-15(13-23)25-20-8-7-19-21-12-16(24(19)22-20)18-11-14-5-3-4-6-17(14)26-18/h3-8,11-12,15H,2,9-10,13H2,1H3. The van der Waals surface area contributed by atoms with E-state index in [9.17, 15) is 0 Å². The molecule has 1 fully saturated rings. The number of imidazole rings is 1. The zero-order valence-electron chi connectivity index (χ0n) is 14.6. The number of likely N-dealkylation sites (tertiary alicyclic amines) is 1. The van der Waals surface area contributed by atoms with Crippen molar-refractivity contribution >= 4 is 27.1 Å². The van der Waals surface area contributed by atoms with E-state index in [1.54, 1.807) is 11.3 Å². The maximum absolute atomic E-state index is 6.14. The average molecular weight is 364 g/mol. The molecule has 1 atom stereocenters. The third-order valence-corrected chi connectivity index (χ3v) is 6.12. The molecule has 1 unspecified atom stereocenters. The molecule has 0 spiro atoms. The van der Waals surface area contributed by atoms with Crippen LogP contribution in [0.1, 0.15) is 13.3 Å². The number of benzene rings is 1. The highest BCUT2D eigenvalue weighted by atomic mass is 32.1. The van der Waals surface area contributed by atoms with Gasteiger partial charge in [-0.15, -0.1) is 16.4 Å². The summed E-state index contributed by atoms with van der Waals surface area (Å²) in [4.78, 5) is 8.08. The lowest BCUT2D eigenvalue weighted by molar-refractivity contribution is 0.192. The average Bonchev–Trinajstić information content (AvgIpc) is 3.38. The van der Waals surface area contributed by atoms with Gasteiger partial charge in [-0.2, -0.15) is 0 Å². The summed E-state index contributed by atoms with van der Waals surface area (Å²) in [6.07, 6.45) is 3.17. The Bertz CT molecular complexity index is 1040. The van der Waals surface area contributed by atoms with E-state index in [1.165, 1.54) is 15.0 Å². The molecule has 5 rings (SSSR count). The number of aromatic nitrogens is 3. The number of rotatable bonds is 4.